The molecule has 0 spiro atoms. The van der Waals surface area contributed by atoms with Gasteiger partial charge in [-0.05, 0) is 73.4 Å². The van der Waals surface area contributed by atoms with E-state index in [-0.39, 0.29) is 17.0 Å². The van der Waals surface area contributed by atoms with Gasteiger partial charge in [0.2, 0.25) is 5.91 Å². The van der Waals surface area contributed by atoms with Gasteiger partial charge in [-0.2, -0.15) is 0 Å². The lowest BCUT2D eigenvalue weighted by molar-refractivity contribution is -0.137. The zero-order valence-corrected chi connectivity index (χ0v) is 16.5. The molecule has 0 saturated carbocycles. The summed E-state index contributed by atoms with van der Waals surface area (Å²) in [6, 6.07) is 0. The second-order valence-corrected chi connectivity index (χ2v) is 9.71. The number of rotatable bonds is 4. The van der Waals surface area contributed by atoms with E-state index in [1.165, 1.54) is 0 Å². The summed E-state index contributed by atoms with van der Waals surface area (Å²) < 4.78 is 0. The highest BCUT2D eigenvalue weighted by Gasteiger charge is 2.40. The summed E-state index contributed by atoms with van der Waals surface area (Å²) in [4.78, 5) is 16.7. The van der Waals surface area contributed by atoms with E-state index in [0.717, 1.165) is 12.8 Å². The van der Waals surface area contributed by atoms with E-state index < -0.39 is 5.60 Å². The minimum absolute atomic E-state index is 0.0839. The minimum atomic E-state index is -0.640. The lowest BCUT2D eigenvalue weighted by Crippen LogP contribution is -2.58. The highest BCUT2D eigenvalue weighted by molar-refractivity contribution is 5.76. The Morgan fingerprint density at radius 3 is 2.08 bits per heavy atom. The second-order valence-electron chi connectivity index (χ2n) is 9.71. The summed E-state index contributed by atoms with van der Waals surface area (Å²) in [5.74, 6) is 0.701. The molecule has 24 heavy (non-hydrogen) atoms. The zero-order valence-electron chi connectivity index (χ0n) is 16.5. The van der Waals surface area contributed by atoms with Crippen LogP contribution >= 0.6 is 0 Å². The maximum absolute atomic E-state index is 12.7. The molecule has 0 atom stereocenters. The van der Waals surface area contributed by atoms with E-state index in [1.54, 1.807) is 0 Å². The van der Waals surface area contributed by atoms with Gasteiger partial charge in [-0.1, -0.05) is 0 Å². The molecule has 2 aliphatic heterocycles. The number of likely N-dealkylation sites (tertiary alicyclic amines) is 1. The van der Waals surface area contributed by atoms with Crippen molar-refractivity contribution in [3.05, 3.63) is 0 Å². The molecule has 0 bridgehead atoms. The highest BCUT2D eigenvalue weighted by atomic mass is 16.3. The SMILES string of the molecule is CN(C)CC1(O)CCN(C(=O)CC2CC(C)(C)NC(C)(C)C2)CC1. The Labute approximate surface area is 147 Å². The van der Waals surface area contributed by atoms with Gasteiger partial charge in [-0.3, -0.25) is 4.79 Å². The Kier molecular flexibility index (Phi) is 5.68. The maximum Gasteiger partial charge on any atom is 0.222 e. The van der Waals surface area contributed by atoms with Crippen LogP contribution in [0.2, 0.25) is 0 Å². The van der Waals surface area contributed by atoms with Crippen LogP contribution in [0.4, 0.5) is 0 Å². The van der Waals surface area contributed by atoms with E-state index >= 15 is 0 Å². The normalized spacial score (nSPS) is 26.6. The van der Waals surface area contributed by atoms with E-state index in [0.29, 0.717) is 44.8 Å². The van der Waals surface area contributed by atoms with Gasteiger partial charge in [0.15, 0.2) is 0 Å². The van der Waals surface area contributed by atoms with Crippen molar-refractivity contribution in [3.8, 4) is 0 Å². The van der Waals surface area contributed by atoms with E-state index in [1.807, 2.05) is 23.9 Å². The first-order valence-corrected chi connectivity index (χ1v) is 9.34. The van der Waals surface area contributed by atoms with Crippen LogP contribution in [0.1, 0.15) is 59.8 Å². The molecule has 0 radical (unpaired) electrons. The molecule has 0 unspecified atom stereocenters. The van der Waals surface area contributed by atoms with Crippen molar-refractivity contribution in [1.82, 2.24) is 15.1 Å². The topological polar surface area (TPSA) is 55.8 Å². The summed E-state index contributed by atoms with van der Waals surface area (Å²) in [5, 5.41) is 14.3. The fourth-order valence-electron chi connectivity index (χ4n) is 4.97. The third-order valence-corrected chi connectivity index (χ3v) is 5.40. The fraction of sp³-hybridized carbons (Fsp3) is 0.947. The molecule has 2 saturated heterocycles. The number of nitrogens with zero attached hydrogens (tertiary/aromatic N) is 2. The quantitative estimate of drug-likeness (QED) is 0.821. The summed E-state index contributed by atoms with van der Waals surface area (Å²) in [6.07, 6.45) is 4.09. The first-order valence-electron chi connectivity index (χ1n) is 9.34. The molecular weight excluding hydrogens is 302 g/mol. The molecule has 5 heteroatoms. The van der Waals surface area contributed by atoms with Crippen LogP contribution in [0.25, 0.3) is 0 Å². The first kappa shape index (κ1) is 19.7. The molecule has 0 aliphatic carbocycles. The van der Waals surface area contributed by atoms with E-state index in [4.69, 9.17) is 0 Å². The number of likely N-dealkylation sites (N-methyl/N-ethyl adjacent to an activating group) is 1. The Balaban J connectivity index is 1.87. The molecule has 1 amide bonds. The average Bonchev–Trinajstić information content (AvgIpc) is 2.33. The lowest BCUT2D eigenvalue weighted by Gasteiger charge is -2.47. The predicted molar refractivity (Wildman–Crippen MR) is 98.0 cm³/mol. The Morgan fingerprint density at radius 1 is 1.12 bits per heavy atom. The predicted octanol–water partition coefficient (Wildman–Crippen LogP) is 1.85. The number of aliphatic hydroxyl groups is 1. The first-order chi connectivity index (χ1) is 10.9. The van der Waals surface area contributed by atoms with Crippen molar-refractivity contribution in [2.24, 2.45) is 5.92 Å². The highest BCUT2D eigenvalue weighted by Crippen LogP contribution is 2.35. The van der Waals surface area contributed by atoms with Crippen LogP contribution < -0.4 is 5.32 Å². The summed E-state index contributed by atoms with van der Waals surface area (Å²) in [6.45, 7) is 11.0. The van der Waals surface area contributed by atoms with E-state index in [2.05, 4.69) is 33.0 Å². The van der Waals surface area contributed by atoms with Crippen molar-refractivity contribution in [2.75, 3.05) is 33.7 Å². The van der Waals surface area contributed by atoms with Crippen LogP contribution in [0.15, 0.2) is 0 Å². The number of hydrogen-bond acceptors (Lipinski definition) is 4. The Hall–Kier alpha value is -0.650. The van der Waals surface area contributed by atoms with Crippen LogP contribution in [0.5, 0.6) is 0 Å². The molecular formula is C19H37N3O2. The number of nitrogens with one attached hydrogen (secondary N) is 1. The Bertz CT molecular complexity index is 436. The van der Waals surface area contributed by atoms with Crippen molar-refractivity contribution in [3.63, 3.8) is 0 Å². The van der Waals surface area contributed by atoms with Gasteiger partial charge < -0.3 is 20.2 Å². The largest absolute Gasteiger partial charge is 0.388 e. The number of hydrogen-bond donors (Lipinski definition) is 2. The standard InChI is InChI=1S/C19H37N3O2/c1-17(2)12-15(13-18(3,4)20-17)11-16(23)22-9-7-19(24,8-10-22)14-21(5)6/h15,20,24H,7-14H2,1-6H3. The molecule has 0 aromatic rings. The third-order valence-electron chi connectivity index (χ3n) is 5.40. The van der Waals surface area contributed by atoms with Gasteiger partial charge in [0.05, 0.1) is 5.60 Å². The summed E-state index contributed by atoms with van der Waals surface area (Å²) in [7, 11) is 3.96. The van der Waals surface area contributed by atoms with Gasteiger partial charge in [0.25, 0.3) is 0 Å². The van der Waals surface area contributed by atoms with Crippen molar-refractivity contribution in [1.29, 1.82) is 0 Å². The van der Waals surface area contributed by atoms with Gasteiger partial charge >= 0.3 is 0 Å². The van der Waals surface area contributed by atoms with Crippen molar-refractivity contribution < 1.29 is 9.90 Å². The second kappa shape index (κ2) is 6.93. The van der Waals surface area contributed by atoms with Gasteiger partial charge in [-0.25, -0.2) is 0 Å². The number of carbonyl (C=O) groups excluding carboxylic acids is 1. The lowest BCUT2D eigenvalue weighted by atomic mass is 9.74. The van der Waals surface area contributed by atoms with Crippen molar-refractivity contribution in [2.45, 2.75) is 76.5 Å². The van der Waals surface area contributed by atoms with Crippen LogP contribution in [-0.4, -0.2) is 71.2 Å². The molecule has 5 nitrogen and oxygen atoms in total. The summed E-state index contributed by atoms with van der Waals surface area (Å²) in [5.41, 5.74) is -0.472. The molecule has 2 N–H and O–H groups in total. The smallest absolute Gasteiger partial charge is 0.222 e. The monoisotopic (exact) mass is 339 g/mol. The molecule has 2 aliphatic rings. The van der Waals surface area contributed by atoms with Crippen LogP contribution in [0.3, 0.4) is 0 Å². The third kappa shape index (κ3) is 5.43. The average molecular weight is 340 g/mol. The molecule has 0 aromatic heterocycles. The molecule has 2 heterocycles. The van der Waals surface area contributed by atoms with Gasteiger partial charge in [-0.15, -0.1) is 0 Å². The fourth-order valence-corrected chi connectivity index (χ4v) is 4.97. The minimum Gasteiger partial charge on any atom is -0.388 e. The number of carbonyl (C=O) groups is 1. The Morgan fingerprint density at radius 2 is 1.62 bits per heavy atom. The van der Waals surface area contributed by atoms with Crippen LogP contribution in [-0.2, 0) is 4.79 Å². The molecule has 140 valence electrons. The van der Waals surface area contributed by atoms with Gasteiger partial charge in [0.1, 0.15) is 0 Å². The number of amides is 1. The summed E-state index contributed by atoms with van der Waals surface area (Å²) >= 11 is 0. The molecule has 2 fully saturated rings. The molecule has 2 rings (SSSR count). The van der Waals surface area contributed by atoms with Gasteiger partial charge in [0, 0.05) is 37.1 Å². The van der Waals surface area contributed by atoms with Crippen LogP contribution in [0, 0.1) is 5.92 Å². The zero-order chi connectivity index (χ0) is 18.2. The van der Waals surface area contributed by atoms with Crippen molar-refractivity contribution >= 4 is 5.91 Å². The number of piperidine rings is 2. The molecule has 0 aromatic carbocycles. The maximum atomic E-state index is 12.7. The van der Waals surface area contributed by atoms with E-state index in [9.17, 15) is 9.90 Å².